The zero-order valence-electron chi connectivity index (χ0n) is 12.4. The molecule has 0 aliphatic carbocycles. The molecule has 1 aromatic carbocycles. The van der Waals surface area contributed by atoms with Crippen LogP contribution in [0, 0.1) is 0 Å². The van der Waals surface area contributed by atoms with Crippen molar-refractivity contribution in [2.75, 3.05) is 26.7 Å². The van der Waals surface area contributed by atoms with E-state index in [1.807, 2.05) is 29.2 Å². The second-order valence-electron chi connectivity index (χ2n) is 5.18. The Balaban J connectivity index is 1.69. The molecule has 0 unspecified atom stereocenters. The minimum Gasteiger partial charge on any atom is -0.496 e. The maximum atomic E-state index is 11.9. The molecule has 1 saturated heterocycles. The van der Waals surface area contributed by atoms with Gasteiger partial charge < -0.3 is 15.0 Å². The fourth-order valence-corrected chi connectivity index (χ4v) is 2.52. The number of likely N-dealkylation sites (tertiary alicyclic amines) is 1. The third-order valence-electron chi connectivity index (χ3n) is 3.64. The zero-order valence-corrected chi connectivity index (χ0v) is 12.4. The normalized spacial score (nSPS) is 14.3. The molecule has 0 atom stereocenters. The van der Waals surface area contributed by atoms with Crippen molar-refractivity contribution < 1.29 is 14.3 Å². The Morgan fingerprint density at radius 2 is 2.19 bits per heavy atom. The first-order chi connectivity index (χ1) is 10.2. The molecule has 5 nitrogen and oxygen atoms in total. The Kier molecular flexibility index (Phi) is 5.60. The van der Waals surface area contributed by atoms with Gasteiger partial charge in [-0.15, -0.1) is 0 Å². The van der Waals surface area contributed by atoms with Crippen LogP contribution in [0.4, 0.5) is 0 Å². The molecule has 0 bridgehead atoms. The predicted molar refractivity (Wildman–Crippen MR) is 80.1 cm³/mol. The topological polar surface area (TPSA) is 58.6 Å². The lowest BCUT2D eigenvalue weighted by Crippen LogP contribution is -2.31. The van der Waals surface area contributed by atoms with Crippen LogP contribution in [0.5, 0.6) is 5.75 Å². The summed E-state index contributed by atoms with van der Waals surface area (Å²) < 4.78 is 5.23. The summed E-state index contributed by atoms with van der Waals surface area (Å²) in [7, 11) is 1.60. The molecule has 114 valence electrons. The van der Waals surface area contributed by atoms with Gasteiger partial charge in [-0.2, -0.15) is 0 Å². The molecule has 0 radical (unpaired) electrons. The van der Waals surface area contributed by atoms with Crippen molar-refractivity contribution in [3.05, 3.63) is 29.8 Å². The minimum absolute atomic E-state index is 0.0211. The Bertz CT molecular complexity index is 502. The van der Waals surface area contributed by atoms with Gasteiger partial charge >= 0.3 is 0 Å². The number of nitrogens with one attached hydrogen (secondary N) is 1. The van der Waals surface area contributed by atoms with Crippen LogP contribution in [0.15, 0.2) is 24.3 Å². The van der Waals surface area contributed by atoms with Crippen LogP contribution in [0.3, 0.4) is 0 Å². The van der Waals surface area contributed by atoms with E-state index in [0.717, 1.165) is 37.2 Å². The number of rotatable bonds is 7. The van der Waals surface area contributed by atoms with Gasteiger partial charge in [0.2, 0.25) is 11.8 Å². The molecular weight excluding hydrogens is 268 g/mol. The van der Waals surface area contributed by atoms with Crippen molar-refractivity contribution in [3.8, 4) is 5.75 Å². The number of methoxy groups -OCH3 is 1. The highest BCUT2D eigenvalue weighted by Gasteiger charge is 2.19. The van der Waals surface area contributed by atoms with Crippen LogP contribution in [0.1, 0.15) is 24.8 Å². The van der Waals surface area contributed by atoms with E-state index in [9.17, 15) is 9.59 Å². The van der Waals surface area contributed by atoms with Gasteiger partial charge in [-0.05, 0) is 18.9 Å². The molecule has 0 saturated carbocycles. The van der Waals surface area contributed by atoms with Crippen LogP contribution >= 0.6 is 0 Å². The molecule has 21 heavy (non-hydrogen) atoms. The summed E-state index contributed by atoms with van der Waals surface area (Å²) in [4.78, 5) is 25.2. The number of hydrogen-bond donors (Lipinski definition) is 1. The van der Waals surface area contributed by atoms with Gasteiger partial charge in [-0.25, -0.2) is 0 Å². The average molecular weight is 290 g/mol. The summed E-state index contributed by atoms with van der Waals surface area (Å²) in [5.74, 6) is 0.943. The van der Waals surface area contributed by atoms with E-state index < -0.39 is 0 Å². The number of para-hydroxylation sites is 1. The Morgan fingerprint density at radius 3 is 2.90 bits per heavy atom. The molecule has 1 aromatic rings. The third-order valence-corrected chi connectivity index (χ3v) is 3.64. The van der Waals surface area contributed by atoms with Crippen molar-refractivity contribution in [1.82, 2.24) is 10.2 Å². The summed E-state index contributed by atoms with van der Waals surface area (Å²) >= 11 is 0. The monoisotopic (exact) mass is 290 g/mol. The van der Waals surface area contributed by atoms with E-state index in [-0.39, 0.29) is 11.8 Å². The van der Waals surface area contributed by atoms with Crippen molar-refractivity contribution in [2.24, 2.45) is 0 Å². The largest absolute Gasteiger partial charge is 0.496 e. The van der Waals surface area contributed by atoms with E-state index in [4.69, 9.17) is 4.74 Å². The lowest BCUT2D eigenvalue weighted by Gasteiger charge is -2.15. The third kappa shape index (κ3) is 4.48. The van der Waals surface area contributed by atoms with Crippen molar-refractivity contribution in [3.63, 3.8) is 0 Å². The number of carbonyl (C=O) groups excluding carboxylic acids is 2. The first-order valence-electron chi connectivity index (χ1n) is 7.37. The molecule has 1 heterocycles. The summed E-state index contributed by atoms with van der Waals surface area (Å²) in [6.07, 6.45) is 2.73. The lowest BCUT2D eigenvalue weighted by molar-refractivity contribution is -0.127. The van der Waals surface area contributed by atoms with Crippen LogP contribution in [-0.4, -0.2) is 43.5 Å². The highest BCUT2D eigenvalue weighted by molar-refractivity contribution is 5.79. The lowest BCUT2D eigenvalue weighted by atomic mass is 10.1. The zero-order chi connectivity index (χ0) is 15.1. The number of ether oxygens (including phenoxy) is 1. The van der Waals surface area contributed by atoms with E-state index in [1.54, 1.807) is 7.11 Å². The number of amides is 2. The smallest absolute Gasteiger partial charge is 0.224 e. The van der Waals surface area contributed by atoms with E-state index in [2.05, 4.69) is 5.32 Å². The van der Waals surface area contributed by atoms with E-state index >= 15 is 0 Å². The predicted octanol–water partition coefficient (Wildman–Crippen LogP) is 1.37. The Morgan fingerprint density at radius 1 is 1.38 bits per heavy atom. The van der Waals surface area contributed by atoms with Gasteiger partial charge in [0.25, 0.3) is 0 Å². The molecule has 1 N–H and O–H groups in total. The van der Waals surface area contributed by atoms with Gasteiger partial charge in [-0.3, -0.25) is 9.59 Å². The molecule has 1 fully saturated rings. The number of hydrogen-bond acceptors (Lipinski definition) is 3. The molecule has 0 aromatic heterocycles. The van der Waals surface area contributed by atoms with Gasteiger partial charge in [0, 0.05) is 31.6 Å². The van der Waals surface area contributed by atoms with E-state index in [1.165, 1.54) is 0 Å². The summed E-state index contributed by atoms with van der Waals surface area (Å²) in [6, 6.07) is 7.51. The fraction of sp³-hybridized carbons (Fsp3) is 0.500. The molecule has 1 aliphatic rings. The van der Waals surface area contributed by atoms with E-state index in [0.29, 0.717) is 19.4 Å². The number of benzene rings is 1. The maximum Gasteiger partial charge on any atom is 0.224 e. The van der Waals surface area contributed by atoms with Crippen LogP contribution in [-0.2, 0) is 16.0 Å². The molecule has 2 rings (SSSR count). The number of carbonyl (C=O) groups is 2. The molecule has 1 aliphatic heterocycles. The van der Waals surface area contributed by atoms with Gasteiger partial charge in [-0.1, -0.05) is 18.2 Å². The first kappa shape index (κ1) is 15.4. The highest BCUT2D eigenvalue weighted by Crippen LogP contribution is 2.17. The second kappa shape index (κ2) is 7.67. The standard InChI is InChI=1S/C16H22N2O3/c1-21-14-7-3-2-6-13(14)12-15(19)17-9-5-11-18-10-4-8-16(18)20/h2-3,6-7H,4-5,8-12H2,1H3,(H,17,19). The Labute approximate surface area is 125 Å². The summed E-state index contributed by atoms with van der Waals surface area (Å²) in [5.41, 5.74) is 0.882. The summed E-state index contributed by atoms with van der Waals surface area (Å²) in [5, 5.41) is 2.89. The van der Waals surface area contributed by atoms with Gasteiger partial charge in [0.05, 0.1) is 13.5 Å². The molecular formula is C16H22N2O3. The van der Waals surface area contributed by atoms with Crippen LogP contribution in [0.2, 0.25) is 0 Å². The van der Waals surface area contributed by atoms with Crippen LogP contribution in [0.25, 0.3) is 0 Å². The van der Waals surface area contributed by atoms with Crippen LogP contribution < -0.4 is 10.1 Å². The molecule has 2 amide bonds. The Hall–Kier alpha value is -2.04. The molecule has 5 heteroatoms. The quantitative estimate of drug-likeness (QED) is 0.772. The van der Waals surface area contributed by atoms with Crippen molar-refractivity contribution in [2.45, 2.75) is 25.7 Å². The minimum atomic E-state index is -0.0211. The first-order valence-corrected chi connectivity index (χ1v) is 7.37. The molecule has 0 spiro atoms. The number of nitrogens with zero attached hydrogens (tertiary/aromatic N) is 1. The fourth-order valence-electron chi connectivity index (χ4n) is 2.52. The van der Waals surface area contributed by atoms with Crippen molar-refractivity contribution in [1.29, 1.82) is 0 Å². The SMILES string of the molecule is COc1ccccc1CC(=O)NCCCN1CCCC1=O. The van der Waals surface area contributed by atoms with Gasteiger partial charge in [0.1, 0.15) is 5.75 Å². The summed E-state index contributed by atoms with van der Waals surface area (Å²) in [6.45, 7) is 2.18. The maximum absolute atomic E-state index is 11.9. The second-order valence-corrected chi connectivity index (χ2v) is 5.18. The average Bonchev–Trinajstić information content (AvgIpc) is 2.89. The van der Waals surface area contributed by atoms with Gasteiger partial charge in [0.15, 0.2) is 0 Å². The van der Waals surface area contributed by atoms with Crippen molar-refractivity contribution >= 4 is 11.8 Å². The highest BCUT2D eigenvalue weighted by atomic mass is 16.5.